The molecule has 8 nitrogen and oxygen atoms in total. The number of carboxylic acid groups (broad SMARTS) is 1. The number of hydrogen-bond donors (Lipinski definition) is 3. The Morgan fingerprint density at radius 3 is 2.56 bits per heavy atom. The van der Waals surface area contributed by atoms with E-state index < -0.39 is 22.8 Å². The second kappa shape index (κ2) is 5.13. The standard InChI is InChI=1S/C10H11N3O5/c1-5(9(11)14)12-8-4-6(13(17)18)2-3-7(8)10(15)16/h2-5,12H,1H3,(H2,11,14)(H,15,16). The third kappa shape index (κ3) is 2.94. The number of hydrogen-bond acceptors (Lipinski definition) is 5. The summed E-state index contributed by atoms with van der Waals surface area (Å²) in [6, 6.07) is 2.37. The molecule has 1 rings (SSSR count). The topological polar surface area (TPSA) is 136 Å². The molecule has 0 aliphatic rings. The molecule has 1 unspecified atom stereocenters. The number of aromatic carboxylic acids is 1. The average molecular weight is 253 g/mol. The van der Waals surface area contributed by atoms with Crippen molar-refractivity contribution in [2.24, 2.45) is 5.73 Å². The summed E-state index contributed by atoms with van der Waals surface area (Å²) >= 11 is 0. The predicted octanol–water partition coefficient (Wildman–Crippen LogP) is 0.579. The van der Waals surface area contributed by atoms with E-state index in [1.807, 2.05) is 0 Å². The van der Waals surface area contributed by atoms with Gasteiger partial charge in [0.15, 0.2) is 0 Å². The van der Waals surface area contributed by atoms with Crippen molar-refractivity contribution < 1.29 is 19.6 Å². The van der Waals surface area contributed by atoms with Crippen LogP contribution < -0.4 is 11.1 Å². The Hall–Kier alpha value is -2.64. The molecule has 0 fully saturated rings. The van der Waals surface area contributed by atoms with Crippen LogP contribution in [0.5, 0.6) is 0 Å². The molecule has 1 aromatic rings. The third-order valence-electron chi connectivity index (χ3n) is 2.24. The first-order chi connectivity index (χ1) is 8.32. The van der Waals surface area contributed by atoms with Gasteiger partial charge in [0.2, 0.25) is 5.91 Å². The number of non-ortho nitro benzene ring substituents is 1. The van der Waals surface area contributed by atoms with Crippen LogP contribution in [0.4, 0.5) is 11.4 Å². The van der Waals surface area contributed by atoms with Gasteiger partial charge in [0, 0.05) is 12.1 Å². The van der Waals surface area contributed by atoms with Crippen molar-refractivity contribution >= 4 is 23.3 Å². The summed E-state index contributed by atoms with van der Waals surface area (Å²) in [6.07, 6.45) is 0. The summed E-state index contributed by atoms with van der Waals surface area (Å²) in [6.45, 7) is 1.42. The molecule has 0 spiro atoms. The zero-order valence-electron chi connectivity index (χ0n) is 9.41. The summed E-state index contributed by atoms with van der Waals surface area (Å²) in [5.74, 6) is -1.96. The monoisotopic (exact) mass is 253 g/mol. The number of primary amides is 1. The highest BCUT2D eigenvalue weighted by Gasteiger charge is 2.18. The SMILES string of the molecule is CC(Nc1cc([N+](=O)[O-])ccc1C(=O)O)C(N)=O. The minimum absolute atomic E-state index is 0.0250. The van der Waals surface area contributed by atoms with Gasteiger partial charge in [-0.1, -0.05) is 0 Å². The lowest BCUT2D eigenvalue weighted by molar-refractivity contribution is -0.384. The number of amides is 1. The van der Waals surface area contributed by atoms with E-state index in [4.69, 9.17) is 10.8 Å². The lowest BCUT2D eigenvalue weighted by Crippen LogP contribution is -2.33. The van der Waals surface area contributed by atoms with E-state index in [0.717, 1.165) is 18.2 Å². The molecule has 96 valence electrons. The van der Waals surface area contributed by atoms with Crippen LogP contribution in [0.3, 0.4) is 0 Å². The Labute approximate surface area is 102 Å². The van der Waals surface area contributed by atoms with Crippen molar-refractivity contribution in [3.63, 3.8) is 0 Å². The van der Waals surface area contributed by atoms with Gasteiger partial charge in [-0.05, 0) is 13.0 Å². The fraction of sp³-hybridized carbons (Fsp3) is 0.200. The maximum Gasteiger partial charge on any atom is 0.337 e. The van der Waals surface area contributed by atoms with E-state index in [2.05, 4.69) is 5.32 Å². The Balaban J connectivity index is 3.19. The van der Waals surface area contributed by atoms with E-state index in [-0.39, 0.29) is 16.9 Å². The number of nitrogens with one attached hydrogen (secondary N) is 1. The maximum absolute atomic E-state index is 10.9. The third-order valence-corrected chi connectivity index (χ3v) is 2.24. The summed E-state index contributed by atoms with van der Waals surface area (Å²) in [5.41, 5.74) is 4.55. The molecule has 0 saturated heterocycles. The molecule has 0 saturated carbocycles. The molecule has 0 aliphatic carbocycles. The zero-order chi connectivity index (χ0) is 13.9. The summed E-state index contributed by atoms with van der Waals surface area (Å²) in [7, 11) is 0. The lowest BCUT2D eigenvalue weighted by atomic mass is 10.1. The zero-order valence-corrected chi connectivity index (χ0v) is 9.41. The number of nitro groups is 1. The van der Waals surface area contributed by atoms with E-state index in [1.165, 1.54) is 6.92 Å². The smallest absolute Gasteiger partial charge is 0.337 e. The number of benzene rings is 1. The molecule has 0 bridgehead atoms. The highest BCUT2D eigenvalue weighted by atomic mass is 16.6. The van der Waals surface area contributed by atoms with Crippen molar-refractivity contribution in [1.82, 2.24) is 0 Å². The highest BCUT2D eigenvalue weighted by molar-refractivity contribution is 5.96. The number of nitrogens with two attached hydrogens (primary N) is 1. The number of carbonyl (C=O) groups is 2. The van der Waals surface area contributed by atoms with Crippen LogP contribution in [0.25, 0.3) is 0 Å². The molecule has 1 atom stereocenters. The highest BCUT2D eigenvalue weighted by Crippen LogP contribution is 2.23. The molecular formula is C10H11N3O5. The van der Waals surface area contributed by atoms with Gasteiger partial charge >= 0.3 is 5.97 Å². The van der Waals surface area contributed by atoms with Gasteiger partial charge in [-0.15, -0.1) is 0 Å². The second-order valence-corrected chi connectivity index (χ2v) is 3.56. The lowest BCUT2D eigenvalue weighted by Gasteiger charge is -2.13. The van der Waals surface area contributed by atoms with E-state index in [1.54, 1.807) is 0 Å². The minimum atomic E-state index is -1.26. The van der Waals surface area contributed by atoms with Crippen LogP contribution in [0.1, 0.15) is 17.3 Å². The Kier molecular flexibility index (Phi) is 3.82. The predicted molar refractivity (Wildman–Crippen MR) is 62.3 cm³/mol. The molecule has 1 amide bonds. The fourth-order valence-electron chi connectivity index (χ4n) is 1.26. The summed E-state index contributed by atoms with van der Waals surface area (Å²) < 4.78 is 0. The van der Waals surface area contributed by atoms with Crippen LogP contribution >= 0.6 is 0 Å². The van der Waals surface area contributed by atoms with Crippen LogP contribution in [0.2, 0.25) is 0 Å². The summed E-state index contributed by atoms with van der Waals surface area (Å²) in [5, 5.41) is 22.0. The Bertz CT molecular complexity index is 514. The van der Waals surface area contributed by atoms with Crippen molar-refractivity contribution in [3.05, 3.63) is 33.9 Å². The van der Waals surface area contributed by atoms with Crippen molar-refractivity contribution in [2.75, 3.05) is 5.32 Å². The van der Waals surface area contributed by atoms with Crippen LogP contribution in [0, 0.1) is 10.1 Å². The van der Waals surface area contributed by atoms with Gasteiger partial charge in [-0.2, -0.15) is 0 Å². The van der Waals surface area contributed by atoms with E-state index >= 15 is 0 Å². The first-order valence-electron chi connectivity index (χ1n) is 4.90. The molecule has 4 N–H and O–H groups in total. The number of carbonyl (C=O) groups excluding carboxylic acids is 1. The van der Waals surface area contributed by atoms with Gasteiger partial charge in [0.25, 0.3) is 5.69 Å². The van der Waals surface area contributed by atoms with Crippen molar-refractivity contribution in [2.45, 2.75) is 13.0 Å². The van der Waals surface area contributed by atoms with Gasteiger partial charge in [0.1, 0.15) is 6.04 Å². The molecule has 0 aliphatic heterocycles. The molecule has 0 radical (unpaired) electrons. The molecular weight excluding hydrogens is 242 g/mol. The average Bonchev–Trinajstić information content (AvgIpc) is 2.28. The molecule has 8 heteroatoms. The van der Waals surface area contributed by atoms with Crippen molar-refractivity contribution in [3.8, 4) is 0 Å². The molecule has 0 heterocycles. The summed E-state index contributed by atoms with van der Waals surface area (Å²) in [4.78, 5) is 31.7. The number of rotatable bonds is 5. The molecule has 0 aromatic heterocycles. The van der Waals surface area contributed by atoms with E-state index in [9.17, 15) is 19.7 Å². The van der Waals surface area contributed by atoms with Gasteiger partial charge in [-0.3, -0.25) is 14.9 Å². The quantitative estimate of drug-likeness (QED) is 0.518. The number of carboxylic acids is 1. The molecule has 1 aromatic carbocycles. The van der Waals surface area contributed by atoms with Crippen molar-refractivity contribution in [1.29, 1.82) is 0 Å². The van der Waals surface area contributed by atoms with E-state index in [0.29, 0.717) is 0 Å². The van der Waals surface area contributed by atoms with Gasteiger partial charge < -0.3 is 16.2 Å². The normalized spacial score (nSPS) is 11.6. The van der Waals surface area contributed by atoms with Crippen LogP contribution in [-0.4, -0.2) is 27.9 Å². The van der Waals surface area contributed by atoms with Gasteiger partial charge in [0.05, 0.1) is 16.2 Å². The number of nitrogens with zero attached hydrogens (tertiary/aromatic N) is 1. The fourth-order valence-corrected chi connectivity index (χ4v) is 1.26. The van der Waals surface area contributed by atoms with Gasteiger partial charge in [-0.25, -0.2) is 4.79 Å². The second-order valence-electron chi connectivity index (χ2n) is 3.56. The molecule has 18 heavy (non-hydrogen) atoms. The minimum Gasteiger partial charge on any atom is -0.478 e. The first kappa shape index (κ1) is 13.4. The Morgan fingerprint density at radius 2 is 2.11 bits per heavy atom. The first-order valence-corrected chi connectivity index (χ1v) is 4.90. The number of anilines is 1. The van der Waals surface area contributed by atoms with Crippen LogP contribution in [-0.2, 0) is 4.79 Å². The largest absolute Gasteiger partial charge is 0.478 e. The number of nitro benzene ring substituents is 1. The van der Waals surface area contributed by atoms with Crippen LogP contribution in [0.15, 0.2) is 18.2 Å². The maximum atomic E-state index is 10.9. The Morgan fingerprint density at radius 1 is 1.50 bits per heavy atom.